The molecule has 0 aromatic heterocycles. The maximum atomic E-state index is 14.4. The van der Waals surface area contributed by atoms with E-state index in [0.717, 1.165) is 0 Å². The highest BCUT2D eigenvalue weighted by molar-refractivity contribution is 9.09. The molecule has 0 saturated carbocycles. The number of alkyl halides is 1. The zero-order valence-corrected chi connectivity index (χ0v) is 26.3. The molecule has 3 unspecified atom stereocenters. The van der Waals surface area contributed by atoms with Crippen LogP contribution in [0.5, 0.6) is 5.75 Å². The van der Waals surface area contributed by atoms with Gasteiger partial charge in [0.15, 0.2) is 0 Å². The Kier molecular flexibility index (Phi) is 8.95. The summed E-state index contributed by atoms with van der Waals surface area (Å²) in [6, 6.07) is 12.6. The summed E-state index contributed by atoms with van der Waals surface area (Å²) in [7, 11) is 0. The van der Waals surface area contributed by atoms with E-state index in [1.807, 2.05) is 20.8 Å². The minimum atomic E-state index is -0.888. The zero-order chi connectivity index (χ0) is 29.5. The minimum Gasteiger partial charge on any atom is -0.494 e. The largest absolute Gasteiger partial charge is 0.494 e. The van der Waals surface area contributed by atoms with Gasteiger partial charge in [0.1, 0.15) is 11.8 Å². The number of hydrogen-bond acceptors (Lipinski definition) is 6. The van der Waals surface area contributed by atoms with Crippen LogP contribution in [0.3, 0.4) is 0 Å². The lowest BCUT2D eigenvalue weighted by atomic mass is 9.70. The number of aliphatic hydroxyl groups excluding tert-OH is 1. The Morgan fingerprint density at radius 1 is 1.17 bits per heavy atom. The fourth-order valence-electron chi connectivity index (χ4n) is 6.63. The smallest absolute Gasteiger partial charge is 0.248 e. The lowest BCUT2D eigenvalue weighted by Crippen LogP contribution is -2.56. The number of nitrogens with zero attached hydrogens (tertiary/aromatic N) is 1. The summed E-state index contributed by atoms with van der Waals surface area (Å²) >= 11 is 11.7. The van der Waals surface area contributed by atoms with Crippen LogP contribution >= 0.6 is 39.3 Å². The molecule has 3 saturated heterocycles. The molecule has 11 heteroatoms. The summed E-state index contributed by atoms with van der Waals surface area (Å²) in [5.41, 5.74) is 1.06. The molecule has 3 amide bonds. The fourth-order valence-corrected chi connectivity index (χ4v) is 10.4. The third kappa shape index (κ3) is 5.26. The Morgan fingerprint density at radius 2 is 1.88 bits per heavy atom. The fraction of sp³-hybridized carbons (Fsp3) is 0.500. The van der Waals surface area contributed by atoms with Crippen LogP contribution in [0.15, 0.2) is 48.5 Å². The molecule has 2 bridgehead atoms. The van der Waals surface area contributed by atoms with Crippen LogP contribution in [0.4, 0.5) is 11.4 Å². The van der Waals surface area contributed by atoms with E-state index >= 15 is 0 Å². The summed E-state index contributed by atoms with van der Waals surface area (Å²) in [5, 5.41) is 16.7. The first-order valence-corrected chi connectivity index (χ1v) is 16.2. The molecule has 2 aromatic rings. The quantitative estimate of drug-likeness (QED) is 0.302. The second-order valence-corrected chi connectivity index (χ2v) is 14.1. The molecule has 0 aliphatic carbocycles. The van der Waals surface area contributed by atoms with E-state index in [2.05, 4.69) is 26.6 Å². The second-order valence-electron chi connectivity index (χ2n) is 11.0. The lowest BCUT2D eigenvalue weighted by Gasteiger charge is -2.39. The molecular formula is C30H35BrClN3O5S. The maximum Gasteiger partial charge on any atom is 0.248 e. The van der Waals surface area contributed by atoms with Crippen LogP contribution in [0.2, 0.25) is 5.02 Å². The number of carbonyl (C=O) groups excluding carboxylic acids is 3. The highest BCUT2D eigenvalue weighted by Gasteiger charge is 2.76. The predicted octanol–water partition coefficient (Wildman–Crippen LogP) is 5.19. The minimum absolute atomic E-state index is 0.0621. The van der Waals surface area contributed by atoms with E-state index in [0.29, 0.717) is 41.6 Å². The monoisotopic (exact) mass is 663 g/mol. The average molecular weight is 665 g/mol. The number of anilines is 2. The van der Waals surface area contributed by atoms with Crippen molar-refractivity contribution in [3.63, 3.8) is 0 Å². The number of nitrogens with one attached hydrogen (secondary N) is 2. The van der Waals surface area contributed by atoms with Crippen LogP contribution < -0.4 is 15.4 Å². The van der Waals surface area contributed by atoms with Gasteiger partial charge in [0, 0.05) is 15.8 Å². The molecule has 8 nitrogen and oxygen atoms in total. The molecule has 220 valence electrons. The number of fused-ring (bicyclic) bond motifs is 1. The topological polar surface area (TPSA) is 108 Å². The van der Waals surface area contributed by atoms with Crippen molar-refractivity contribution in [2.24, 2.45) is 17.8 Å². The van der Waals surface area contributed by atoms with Gasteiger partial charge in [-0.2, -0.15) is 0 Å². The molecule has 3 fully saturated rings. The van der Waals surface area contributed by atoms with Gasteiger partial charge in [0.2, 0.25) is 17.7 Å². The SMILES string of the molecule is CCOc1ccc(NC(=O)[C@H]2[C@H]3C(=O)N([C@@H](CO)[C@@H](C)CC)C(C(=O)Nc4ccccc4Cl)C34CC(Br)[C@@H]2S4)cc1. The van der Waals surface area contributed by atoms with E-state index in [1.165, 1.54) is 0 Å². The number of thioether (sulfide) groups is 1. The van der Waals surface area contributed by atoms with E-state index < -0.39 is 28.7 Å². The van der Waals surface area contributed by atoms with Crippen molar-refractivity contribution in [2.75, 3.05) is 23.8 Å². The van der Waals surface area contributed by atoms with Crippen molar-refractivity contribution >= 4 is 68.4 Å². The Hall–Kier alpha value is -2.27. The Morgan fingerprint density at radius 3 is 2.51 bits per heavy atom. The van der Waals surface area contributed by atoms with Crippen molar-refractivity contribution in [3.05, 3.63) is 53.6 Å². The Balaban J connectivity index is 1.51. The first-order valence-electron chi connectivity index (χ1n) is 14.0. The van der Waals surface area contributed by atoms with Crippen molar-refractivity contribution in [3.8, 4) is 5.75 Å². The molecule has 0 radical (unpaired) electrons. The molecule has 2 aromatic carbocycles. The van der Waals surface area contributed by atoms with Crippen LogP contribution in [-0.4, -0.2) is 67.8 Å². The number of amides is 3. The molecule has 8 atom stereocenters. The number of halogens is 2. The highest BCUT2D eigenvalue weighted by atomic mass is 79.9. The number of carbonyl (C=O) groups is 3. The molecule has 5 rings (SSSR count). The molecule has 3 heterocycles. The summed E-state index contributed by atoms with van der Waals surface area (Å²) in [6.45, 7) is 6.12. The average Bonchev–Trinajstić information content (AvgIpc) is 3.55. The normalized spacial score (nSPS) is 29.7. The van der Waals surface area contributed by atoms with Crippen molar-refractivity contribution < 1.29 is 24.2 Å². The van der Waals surface area contributed by atoms with Crippen LogP contribution in [0.25, 0.3) is 0 Å². The van der Waals surface area contributed by atoms with E-state index in [4.69, 9.17) is 16.3 Å². The standard InChI is InChI=1S/C30H35BrClN3O5S/c1-4-16(3)22(15-36)35-26(28(38)34-21-9-7-6-8-20(21)32)30-14-19(31)25(41-30)23(24(30)29(35)39)27(37)33-17-10-12-18(13-11-17)40-5-2/h6-13,16,19,22-26,36H,4-5,14-15H2,1-3H3,(H,33,37)(H,34,38)/t16-,19?,22-,23-,24-,25-,26?,30?/m0/s1. The number of ether oxygens (including phenoxy) is 1. The molecule has 3 N–H and O–H groups in total. The summed E-state index contributed by atoms with van der Waals surface area (Å²) in [4.78, 5) is 43.9. The van der Waals surface area contributed by atoms with E-state index in [9.17, 15) is 19.5 Å². The van der Waals surface area contributed by atoms with Crippen molar-refractivity contribution in [1.29, 1.82) is 0 Å². The number of benzene rings is 2. The molecular weight excluding hydrogens is 630 g/mol. The third-order valence-corrected chi connectivity index (χ3v) is 12.2. The van der Waals surface area contributed by atoms with Crippen LogP contribution in [-0.2, 0) is 14.4 Å². The van der Waals surface area contributed by atoms with Gasteiger partial charge in [0.25, 0.3) is 0 Å². The lowest BCUT2D eigenvalue weighted by molar-refractivity contribution is -0.142. The molecule has 3 aliphatic heterocycles. The van der Waals surface area contributed by atoms with E-state index in [1.54, 1.807) is 65.2 Å². The number of rotatable bonds is 10. The van der Waals surface area contributed by atoms with Gasteiger partial charge < -0.3 is 25.4 Å². The van der Waals surface area contributed by atoms with Gasteiger partial charge in [-0.1, -0.05) is 59.9 Å². The van der Waals surface area contributed by atoms with Gasteiger partial charge in [-0.25, -0.2) is 0 Å². The van der Waals surface area contributed by atoms with Gasteiger partial charge in [-0.15, -0.1) is 11.8 Å². The van der Waals surface area contributed by atoms with Crippen LogP contribution in [0, 0.1) is 17.8 Å². The predicted molar refractivity (Wildman–Crippen MR) is 166 cm³/mol. The number of likely N-dealkylation sites (tertiary alicyclic amines) is 1. The van der Waals surface area contributed by atoms with Gasteiger partial charge in [-0.05, 0) is 55.7 Å². The van der Waals surface area contributed by atoms with Gasteiger partial charge in [-0.3, -0.25) is 14.4 Å². The Labute approximate surface area is 258 Å². The van der Waals surface area contributed by atoms with Crippen molar-refractivity contribution in [1.82, 2.24) is 4.90 Å². The maximum absolute atomic E-state index is 14.4. The summed E-state index contributed by atoms with van der Waals surface area (Å²) < 4.78 is 4.66. The summed E-state index contributed by atoms with van der Waals surface area (Å²) in [6.07, 6.45) is 1.26. The first kappa shape index (κ1) is 30.2. The van der Waals surface area contributed by atoms with Crippen LogP contribution in [0.1, 0.15) is 33.6 Å². The zero-order valence-electron chi connectivity index (χ0n) is 23.2. The number of para-hydroxylation sites is 1. The first-order chi connectivity index (χ1) is 19.7. The number of hydrogen-bond donors (Lipinski definition) is 3. The molecule has 41 heavy (non-hydrogen) atoms. The Bertz CT molecular complexity index is 1320. The third-order valence-electron chi connectivity index (χ3n) is 8.69. The highest BCUT2D eigenvalue weighted by Crippen LogP contribution is 2.68. The van der Waals surface area contributed by atoms with Gasteiger partial charge >= 0.3 is 0 Å². The van der Waals surface area contributed by atoms with Crippen molar-refractivity contribution in [2.45, 2.75) is 60.5 Å². The summed E-state index contributed by atoms with van der Waals surface area (Å²) in [5.74, 6) is -1.61. The molecule has 1 spiro atoms. The van der Waals surface area contributed by atoms with E-state index in [-0.39, 0.29) is 40.3 Å². The number of aliphatic hydroxyl groups is 1. The molecule has 3 aliphatic rings. The second kappa shape index (κ2) is 12.1. The van der Waals surface area contributed by atoms with Gasteiger partial charge in [0.05, 0.1) is 46.5 Å².